The minimum Gasteiger partial charge on any atom is -0.342 e. The summed E-state index contributed by atoms with van der Waals surface area (Å²) >= 11 is 0. The van der Waals surface area contributed by atoms with Gasteiger partial charge in [-0.15, -0.1) is 0 Å². The summed E-state index contributed by atoms with van der Waals surface area (Å²) in [6, 6.07) is 17.6. The summed E-state index contributed by atoms with van der Waals surface area (Å²) in [5.74, 6) is -0.433. The van der Waals surface area contributed by atoms with Crippen LogP contribution >= 0.6 is 0 Å². The molecule has 0 bridgehead atoms. The minimum atomic E-state index is -0.728. The first-order chi connectivity index (χ1) is 13.1. The smallest absolute Gasteiger partial charge is 0.221 e. The van der Waals surface area contributed by atoms with Crippen molar-refractivity contribution in [3.05, 3.63) is 60.2 Å². The molecule has 1 unspecified atom stereocenters. The second kappa shape index (κ2) is 6.80. The summed E-state index contributed by atoms with van der Waals surface area (Å²) in [5, 5.41) is 9.44. The largest absolute Gasteiger partial charge is 0.342 e. The minimum absolute atomic E-state index is 0.0825. The Bertz CT molecular complexity index is 1160. The molecule has 4 aromatic rings. The molecule has 0 spiro atoms. The molecule has 0 saturated heterocycles. The molecular weight excluding hydrogens is 338 g/mol. The number of aldehydes is 1. The summed E-state index contributed by atoms with van der Waals surface area (Å²) in [7, 11) is 0. The quantitative estimate of drug-likeness (QED) is 0.413. The molecule has 1 N–H and O–H groups in total. The zero-order valence-electron chi connectivity index (χ0n) is 15.0. The Labute approximate surface area is 156 Å². The molecule has 4 aromatic carbocycles. The van der Waals surface area contributed by atoms with Crippen molar-refractivity contribution >= 4 is 50.3 Å². The van der Waals surface area contributed by atoms with Crippen LogP contribution in [0.1, 0.15) is 31.4 Å². The van der Waals surface area contributed by atoms with Gasteiger partial charge in [-0.3, -0.25) is 9.59 Å². The van der Waals surface area contributed by atoms with E-state index in [-0.39, 0.29) is 24.5 Å². The number of Topliss-reactive ketones (excluding diaryl/α,β-unsaturated/α-hetero) is 1. The maximum absolute atomic E-state index is 12.3. The lowest BCUT2D eigenvalue weighted by Gasteiger charge is -2.20. The molecule has 27 heavy (non-hydrogen) atoms. The summed E-state index contributed by atoms with van der Waals surface area (Å²) in [6.07, 6.45) is 0.937. The van der Waals surface area contributed by atoms with Crippen LogP contribution in [-0.4, -0.2) is 18.0 Å². The van der Waals surface area contributed by atoms with Gasteiger partial charge < -0.3 is 10.1 Å². The maximum Gasteiger partial charge on any atom is 0.221 e. The SMILES string of the molecule is CC(=O)C(NC(=O)CCC=O)c1ccc2ccc3cccc4ccc1c2c34. The Balaban J connectivity index is 1.90. The van der Waals surface area contributed by atoms with Crippen molar-refractivity contribution in [1.29, 1.82) is 0 Å². The third kappa shape index (κ3) is 2.93. The van der Waals surface area contributed by atoms with E-state index in [4.69, 9.17) is 0 Å². The van der Waals surface area contributed by atoms with E-state index < -0.39 is 6.04 Å². The van der Waals surface area contributed by atoms with Gasteiger partial charge in [0.25, 0.3) is 0 Å². The van der Waals surface area contributed by atoms with Gasteiger partial charge in [-0.05, 0) is 44.8 Å². The number of hydrogen-bond donors (Lipinski definition) is 1. The lowest BCUT2D eigenvalue weighted by molar-refractivity contribution is -0.127. The Morgan fingerprint density at radius 1 is 0.926 bits per heavy atom. The van der Waals surface area contributed by atoms with Crippen molar-refractivity contribution in [2.45, 2.75) is 25.8 Å². The number of hydrogen-bond acceptors (Lipinski definition) is 3. The summed E-state index contributed by atoms with van der Waals surface area (Å²) < 4.78 is 0. The number of rotatable bonds is 6. The maximum atomic E-state index is 12.3. The molecular formula is C23H19NO3. The van der Waals surface area contributed by atoms with Crippen molar-refractivity contribution in [3.63, 3.8) is 0 Å². The molecule has 0 aliphatic carbocycles. The molecule has 4 heteroatoms. The predicted octanol–water partition coefficient (Wildman–Crippen LogP) is 4.31. The highest BCUT2D eigenvalue weighted by Crippen LogP contribution is 2.37. The topological polar surface area (TPSA) is 63.2 Å². The molecule has 0 fully saturated rings. The van der Waals surface area contributed by atoms with Crippen LogP contribution in [0.25, 0.3) is 32.3 Å². The van der Waals surface area contributed by atoms with Gasteiger partial charge in [0.1, 0.15) is 12.3 Å². The molecule has 4 rings (SSSR count). The van der Waals surface area contributed by atoms with Crippen LogP contribution in [0.2, 0.25) is 0 Å². The molecule has 0 heterocycles. The van der Waals surface area contributed by atoms with Crippen LogP contribution in [0.3, 0.4) is 0 Å². The Morgan fingerprint density at radius 3 is 2.22 bits per heavy atom. The van der Waals surface area contributed by atoms with Gasteiger partial charge in [-0.25, -0.2) is 0 Å². The monoisotopic (exact) mass is 357 g/mol. The molecule has 0 aliphatic rings. The molecule has 0 radical (unpaired) electrons. The number of benzene rings is 4. The van der Waals surface area contributed by atoms with Crippen LogP contribution < -0.4 is 5.32 Å². The van der Waals surface area contributed by atoms with Gasteiger partial charge in [0.05, 0.1) is 0 Å². The van der Waals surface area contributed by atoms with Crippen LogP contribution in [0.5, 0.6) is 0 Å². The third-order valence-corrected chi connectivity index (χ3v) is 5.07. The van der Waals surface area contributed by atoms with Gasteiger partial charge >= 0.3 is 0 Å². The van der Waals surface area contributed by atoms with Crippen LogP contribution in [0, 0.1) is 0 Å². The lowest BCUT2D eigenvalue weighted by atomic mass is 9.89. The van der Waals surface area contributed by atoms with Gasteiger partial charge in [0, 0.05) is 12.8 Å². The summed E-state index contributed by atoms with van der Waals surface area (Å²) in [5.41, 5.74) is 0.785. The zero-order chi connectivity index (χ0) is 19.0. The highest BCUT2D eigenvalue weighted by molar-refractivity contribution is 6.23. The van der Waals surface area contributed by atoms with Gasteiger partial charge in [0.15, 0.2) is 5.78 Å². The molecule has 134 valence electrons. The van der Waals surface area contributed by atoms with Crippen LogP contribution in [-0.2, 0) is 14.4 Å². The van der Waals surface area contributed by atoms with Crippen molar-refractivity contribution in [3.8, 4) is 0 Å². The summed E-state index contributed by atoms with van der Waals surface area (Å²) in [6.45, 7) is 1.47. The first-order valence-corrected chi connectivity index (χ1v) is 9.00. The van der Waals surface area contributed by atoms with E-state index in [9.17, 15) is 14.4 Å². The van der Waals surface area contributed by atoms with Crippen molar-refractivity contribution < 1.29 is 14.4 Å². The zero-order valence-corrected chi connectivity index (χ0v) is 15.0. The van der Waals surface area contributed by atoms with Gasteiger partial charge in [-0.2, -0.15) is 0 Å². The highest BCUT2D eigenvalue weighted by atomic mass is 16.2. The first kappa shape index (κ1) is 17.2. The highest BCUT2D eigenvalue weighted by Gasteiger charge is 2.22. The molecule has 0 saturated carbocycles. The summed E-state index contributed by atoms with van der Waals surface area (Å²) in [4.78, 5) is 35.0. The Kier molecular flexibility index (Phi) is 4.32. The van der Waals surface area contributed by atoms with E-state index in [2.05, 4.69) is 35.6 Å². The van der Waals surface area contributed by atoms with E-state index in [1.54, 1.807) is 0 Å². The number of ketones is 1. The number of carbonyl (C=O) groups is 3. The van der Waals surface area contributed by atoms with Crippen LogP contribution in [0.4, 0.5) is 0 Å². The van der Waals surface area contributed by atoms with E-state index in [0.717, 1.165) is 32.5 Å². The average molecular weight is 357 g/mol. The van der Waals surface area contributed by atoms with Crippen LogP contribution in [0.15, 0.2) is 54.6 Å². The lowest BCUT2D eigenvalue weighted by Crippen LogP contribution is -2.32. The van der Waals surface area contributed by atoms with Crippen molar-refractivity contribution in [2.75, 3.05) is 0 Å². The van der Waals surface area contributed by atoms with E-state index >= 15 is 0 Å². The normalized spacial score (nSPS) is 12.5. The number of carbonyl (C=O) groups excluding carboxylic acids is 3. The second-order valence-electron chi connectivity index (χ2n) is 6.83. The second-order valence-corrected chi connectivity index (χ2v) is 6.83. The molecule has 4 nitrogen and oxygen atoms in total. The standard InChI is InChI=1S/C23H19NO3/c1-14(26)23(24-20(27)6-3-13-25)19-12-10-17-8-7-15-4-2-5-16-9-11-18(19)22(17)21(15)16/h2,4-5,7-13,23H,3,6H2,1H3,(H,24,27). The molecule has 1 amide bonds. The molecule has 0 aromatic heterocycles. The van der Waals surface area contributed by atoms with E-state index in [1.165, 1.54) is 12.3 Å². The number of nitrogens with one attached hydrogen (secondary N) is 1. The average Bonchev–Trinajstić information content (AvgIpc) is 2.68. The fourth-order valence-electron chi connectivity index (χ4n) is 3.83. The molecule has 1 atom stereocenters. The first-order valence-electron chi connectivity index (χ1n) is 9.00. The fourth-order valence-corrected chi connectivity index (χ4v) is 3.83. The third-order valence-electron chi connectivity index (χ3n) is 5.07. The van der Waals surface area contributed by atoms with E-state index in [0.29, 0.717) is 6.29 Å². The number of amides is 1. The molecule has 0 aliphatic heterocycles. The fraction of sp³-hybridized carbons (Fsp3) is 0.174. The van der Waals surface area contributed by atoms with Gasteiger partial charge in [0.2, 0.25) is 5.91 Å². The predicted molar refractivity (Wildman–Crippen MR) is 107 cm³/mol. The Morgan fingerprint density at radius 2 is 1.56 bits per heavy atom. The van der Waals surface area contributed by atoms with Crippen molar-refractivity contribution in [1.82, 2.24) is 5.32 Å². The van der Waals surface area contributed by atoms with Gasteiger partial charge in [-0.1, -0.05) is 54.6 Å². The van der Waals surface area contributed by atoms with E-state index in [1.807, 2.05) is 24.3 Å². The Hall–Kier alpha value is -3.27. The van der Waals surface area contributed by atoms with Crippen molar-refractivity contribution in [2.24, 2.45) is 0 Å².